The molecule has 19 nitrogen and oxygen atoms in total. The highest BCUT2D eigenvalue weighted by atomic mass is 16.5. The lowest BCUT2D eigenvalue weighted by Gasteiger charge is -2.27. The summed E-state index contributed by atoms with van der Waals surface area (Å²) in [5, 5.41) is 12.3. The Morgan fingerprint density at radius 1 is 0.760 bits per heavy atom. The second-order valence-corrected chi connectivity index (χ2v) is 12.1. The molecule has 0 fully saturated rings. The number of amides is 8. The Bertz CT molecular complexity index is 1340. The van der Waals surface area contributed by atoms with Gasteiger partial charge in [-0.05, 0) is 43.6 Å². The molecule has 13 N–H and O–H groups in total. The normalized spacial score (nSPS) is 13.0. The fourth-order valence-corrected chi connectivity index (χ4v) is 4.27. The number of hydrogen-bond acceptors (Lipinski definition) is 9. The van der Waals surface area contributed by atoms with E-state index in [1.54, 1.807) is 38.1 Å². The van der Waals surface area contributed by atoms with Crippen LogP contribution in [-0.4, -0.2) is 84.9 Å². The summed E-state index contributed by atoms with van der Waals surface area (Å²) in [5.74, 6) is -4.28. The van der Waals surface area contributed by atoms with Crippen LogP contribution in [0, 0.1) is 11.8 Å². The number of nitrogens with one attached hydrogen (secondary N) is 7. The summed E-state index contributed by atoms with van der Waals surface area (Å²) in [6, 6.07) is 3.52. The Hall–Kier alpha value is -5.62. The van der Waals surface area contributed by atoms with Gasteiger partial charge in [0.2, 0.25) is 23.6 Å². The summed E-state index contributed by atoms with van der Waals surface area (Å²) in [6.45, 7) is 8.05. The van der Waals surface area contributed by atoms with Gasteiger partial charge >= 0.3 is 12.1 Å². The van der Waals surface area contributed by atoms with E-state index in [9.17, 15) is 33.6 Å². The van der Waals surface area contributed by atoms with Gasteiger partial charge in [-0.3, -0.25) is 34.4 Å². The third-order valence-corrected chi connectivity index (χ3v) is 6.83. The van der Waals surface area contributed by atoms with Crippen LogP contribution in [0.5, 0.6) is 0 Å². The minimum Gasteiger partial charge on any atom is -0.445 e. The minimum absolute atomic E-state index is 0.0338. The first kappa shape index (κ1) is 42.4. The Labute approximate surface area is 291 Å². The number of benzene rings is 1. The topological polar surface area (TPSA) is 303 Å². The van der Waals surface area contributed by atoms with Crippen molar-refractivity contribution in [3.8, 4) is 0 Å². The van der Waals surface area contributed by atoms with E-state index in [0.717, 1.165) is 5.56 Å². The second kappa shape index (κ2) is 22.1. The van der Waals surface area contributed by atoms with Crippen molar-refractivity contribution in [3.05, 3.63) is 35.9 Å². The van der Waals surface area contributed by atoms with Gasteiger partial charge in [-0.1, -0.05) is 58.0 Å². The number of primary amides is 1. The highest BCUT2D eigenvalue weighted by Crippen LogP contribution is 2.10. The minimum atomic E-state index is -1.16. The lowest BCUT2D eigenvalue weighted by Crippen LogP contribution is -2.60. The molecular weight excluding hydrogens is 654 g/mol. The Morgan fingerprint density at radius 2 is 1.40 bits per heavy atom. The molecule has 278 valence electrons. The number of nitrogens with zero attached hydrogens (tertiary/aromatic N) is 1. The van der Waals surface area contributed by atoms with E-state index in [4.69, 9.17) is 21.9 Å². The molecule has 1 aromatic carbocycles. The van der Waals surface area contributed by atoms with Crippen LogP contribution >= 0.6 is 0 Å². The molecule has 0 saturated heterocycles. The van der Waals surface area contributed by atoms with Crippen molar-refractivity contribution < 1.29 is 38.3 Å². The van der Waals surface area contributed by atoms with Crippen LogP contribution in [0.4, 0.5) is 9.59 Å². The number of hydrogen-bond donors (Lipinski definition) is 10. The summed E-state index contributed by atoms with van der Waals surface area (Å²) in [7, 11) is 0. The Balaban J connectivity index is 2.95. The lowest BCUT2D eigenvalue weighted by atomic mass is 9.99. The lowest BCUT2D eigenvalue weighted by molar-refractivity contribution is -0.133. The predicted octanol–water partition coefficient (Wildman–Crippen LogP) is -1.67. The van der Waals surface area contributed by atoms with Crippen LogP contribution in [0.3, 0.4) is 0 Å². The monoisotopic (exact) mass is 705 g/mol. The van der Waals surface area contributed by atoms with Gasteiger partial charge in [-0.15, -0.1) is 0 Å². The molecule has 0 aliphatic rings. The summed E-state index contributed by atoms with van der Waals surface area (Å²) in [4.78, 5) is 91.6. The maximum Gasteiger partial charge on any atom is 0.408 e. The fraction of sp³-hybridized carbons (Fsp3) is 0.548. The van der Waals surface area contributed by atoms with Crippen LogP contribution in [-0.2, 0) is 35.3 Å². The zero-order chi connectivity index (χ0) is 37.8. The number of hydrazine groups is 1. The van der Waals surface area contributed by atoms with Gasteiger partial charge in [-0.25, -0.2) is 15.0 Å². The van der Waals surface area contributed by atoms with Gasteiger partial charge in [0.1, 0.15) is 30.8 Å². The third-order valence-electron chi connectivity index (χ3n) is 6.83. The number of carbonyl (C=O) groups is 7. The van der Waals surface area contributed by atoms with Gasteiger partial charge in [0.25, 0.3) is 5.91 Å². The predicted molar refractivity (Wildman–Crippen MR) is 183 cm³/mol. The second-order valence-electron chi connectivity index (χ2n) is 12.1. The van der Waals surface area contributed by atoms with Crippen LogP contribution in [0.2, 0.25) is 0 Å². The Kier molecular flexibility index (Phi) is 18.7. The number of alkyl carbamates (subject to hydrolysis) is 1. The third kappa shape index (κ3) is 17.5. The summed E-state index contributed by atoms with van der Waals surface area (Å²) in [5.41, 5.74) is 20.8. The number of ether oxygens (including phenoxy) is 1. The number of carbonyl (C=O) groups excluding carboxylic acids is 7. The van der Waals surface area contributed by atoms with Gasteiger partial charge in [0.05, 0.1) is 6.54 Å². The molecule has 19 heteroatoms. The summed E-state index contributed by atoms with van der Waals surface area (Å²) >= 11 is 0. The van der Waals surface area contributed by atoms with E-state index < -0.39 is 78.3 Å². The van der Waals surface area contributed by atoms with Crippen molar-refractivity contribution in [1.82, 2.24) is 37.4 Å². The molecule has 0 aliphatic heterocycles. The zero-order valence-electron chi connectivity index (χ0n) is 29.0. The Morgan fingerprint density at radius 3 is 1.98 bits per heavy atom. The smallest absolute Gasteiger partial charge is 0.408 e. The average Bonchev–Trinajstić information content (AvgIpc) is 3.04. The largest absolute Gasteiger partial charge is 0.445 e. The number of aliphatic imine (C=N–C) groups is 1. The first-order valence-electron chi connectivity index (χ1n) is 16.1. The standard InChI is InChI=1S/C31H51N11O8/c1-17(2)14-22(27(46)40-24(18(3)4)28(47)41-42-30(48)37-19(5)25(44)36-15-23(32)43)38-26(45)21(12-9-13-35-29(33)34)39-31(49)50-16-20-10-7-6-8-11-20/h6-8,10-11,17-19,21-22,24H,9,12-16H2,1-5H3,(H2,32,43)(H,36,44)(H,38,45)(H,39,49)(H,40,46)(H,41,47)(H4,33,34,35)(H2,37,42,48)/t19-,21-,22-,24-/m0/s1. The van der Waals surface area contributed by atoms with Crippen LogP contribution in [0.1, 0.15) is 59.4 Å². The van der Waals surface area contributed by atoms with E-state index in [1.807, 2.05) is 19.9 Å². The van der Waals surface area contributed by atoms with Crippen molar-refractivity contribution in [2.75, 3.05) is 13.1 Å². The summed E-state index contributed by atoms with van der Waals surface area (Å²) < 4.78 is 5.28. The maximum atomic E-state index is 13.5. The molecule has 0 unspecified atom stereocenters. The maximum absolute atomic E-state index is 13.5. The van der Waals surface area contributed by atoms with Gasteiger partial charge < -0.3 is 48.5 Å². The van der Waals surface area contributed by atoms with E-state index in [0.29, 0.717) is 6.42 Å². The number of urea groups is 1. The molecule has 50 heavy (non-hydrogen) atoms. The number of rotatable bonds is 19. The summed E-state index contributed by atoms with van der Waals surface area (Å²) in [6.07, 6.45) is -0.257. The SMILES string of the molecule is CC(C)C[C@H](NC(=O)[C@H](CCCN=C(N)N)NC(=O)OCc1ccccc1)C(=O)N[C@H](C(=O)NNC(=O)N[C@@H](C)C(=O)NCC(N)=O)C(C)C. The number of guanidine groups is 1. The molecule has 0 heterocycles. The van der Waals surface area contributed by atoms with E-state index in [-0.39, 0.29) is 37.9 Å². The van der Waals surface area contributed by atoms with E-state index in [1.165, 1.54) is 6.92 Å². The average molecular weight is 706 g/mol. The molecule has 1 rings (SSSR count). The molecule has 0 aliphatic carbocycles. The van der Waals surface area contributed by atoms with Crippen LogP contribution < -0.4 is 54.6 Å². The van der Waals surface area contributed by atoms with Gasteiger partial charge in [0, 0.05) is 6.54 Å². The molecule has 8 amide bonds. The first-order valence-corrected chi connectivity index (χ1v) is 16.1. The fourth-order valence-electron chi connectivity index (χ4n) is 4.27. The van der Waals surface area contributed by atoms with Crippen LogP contribution in [0.15, 0.2) is 35.3 Å². The zero-order valence-corrected chi connectivity index (χ0v) is 29.0. The van der Waals surface area contributed by atoms with Crippen molar-refractivity contribution in [1.29, 1.82) is 0 Å². The quantitative estimate of drug-likeness (QED) is 0.0338. The molecule has 0 radical (unpaired) electrons. The molecule has 0 bridgehead atoms. The van der Waals surface area contributed by atoms with E-state index in [2.05, 4.69) is 42.4 Å². The molecule has 4 atom stereocenters. The van der Waals surface area contributed by atoms with E-state index >= 15 is 0 Å². The van der Waals surface area contributed by atoms with Crippen molar-refractivity contribution >= 4 is 47.6 Å². The van der Waals surface area contributed by atoms with Gasteiger partial charge in [-0.2, -0.15) is 0 Å². The van der Waals surface area contributed by atoms with Crippen molar-refractivity contribution in [2.24, 2.45) is 34.0 Å². The highest BCUT2D eigenvalue weighted by molar-refractivity contribution is 5.95. The van der Waals surface area contributed by atoms with Crippen molar-refractivity contribution in [3.63, 3.8) is 0 Å². The van der Waals surface area contributed by atoms with Crippen molar-refractivity contribution in [2.45, 2.75) is 84.7 Å². The van der Waals surface area contributed by atoms with Gasteiger partial charge in [0.15, 0.2) is 5.96 Å². The molecule has 0 aromatic heterocycles. The first-order chi connectivity index (χ1) is 23.5. The molecular formula is C31H51N11O8. The highest BCUT2D eigenvalue weighted by Gasteiger charge is 2.32. The molecule has 0 spiro atoms. The molecule has 1 aromatic rings. The molecule has 0 saturated carbocycles. The van der Waals surface area contributed by atoms with Crippen LogP contribution in [0.25, 0.3) is 0 Å². The number of nitrogens with two attached hydrogens (primary N) is 3.